The predicted octanol–water partition coefficient (Wildman–Crippen LogP) is 1.59. The zero-order valence-electron chi connectivity index (χ0n) is 6.97. The summed E-state index contributed by atoms with van der Waals surface area (Å²) in [7, 11) is 1.72. The third kappa shape index (κ3) is 2.39. The fourth-order valence-electron chi connectivity index (χ4n) is 1.23. The van der Waals surface area contributed by atoms with Gasteiger partial charge in [0.15, 0.2) is 0 Å². The van der Waals surface area contributed by atoms with E-state index in [1.807, 2.05) is 6.08 Å². The smallest absolute Gasteiger partial charge is 0.0958 e. The maximum Gasteiger partial charge on any atom is 0.0958 e. The predicted molar refractivity (Wildman–Crippen MR) is 46.1 cm³/mol. The van der Waals surface area contributed by atoms with Crippen LogP contribution in [-0.4, -0.2) is 13.7 Å². The number of methoxy groups -OCH3 is 1. The van der Waals surface area contributed by atoms with E-state index in [0.717, 1.165) is 31.6 Å². The highest BCUT2D eigenvalue weighted by atomic mass is 16.5. The second kappa shape index (κ2) is 4.19. The first kappa shape index (κ1) is 8.34. The SMILES string of the molecule is COC1=CC=C(CCN)CC1. The minimum absolute atomic E-state index is 0.752. The third-order valence-corrected chi connectivity index (χ3v) is 1.93. The zero-order valence-corrected chi connectivity index (χ0v) is 6.97. The van der Waals surface area contributed by atoms with Crippen LogP contribution in [0.25, 0.3) is 0 Å². The van der Waals surface area contributed by atoms with Crippen LogP contribution in [0.1, 0.15) is 19.3 Å². The molecule has 0 heterocycles. The molecule has 2 N–H and O–H groups in total. The van der Waals surface area contributed by atoms with Crippen molar-refractivity contribution in [2.45, 2.75) is 19.3 Å². The topological polar surface area (TPSA) is 35.2 Å². The number of rotatable bonds is 3. The van der Waals surface area contributed by atoms with Gasteiger partial charge in [0.1, 0.15) is 0 Å². The molecule has 62 valence electrons. The van der Waals surface area contributed by atoms with Crippen molar-refractivity contribution < 1.29 is 4.74 Å². The van der Waals surface area contributed by atoms with Crippen LogP contribution in [0.3, 0.4) is 0 Å². The van der Waals surface area contributed by atoms with E-state index in [0.29, 0.717) is 0 Å². The highest BCUT2D eigenvalue weighted by Gasteiger charge is 2.04. The molecule has 11 heavy (non-hydrogen) atoms. The summed E-state index contributed by atoms with van der Waals surface area (Å²) >= 11 is 0. The highest BCUT2D eigenvalue weighted by Crippen LogP contribution is 2.19. The summed E-state index contributed by atoms with van der Waals surface area (Å²) in [5, 5.41) is 0. The molecule has 0 radical (unpaired) electrons. The number of nitrogens with two attached hydrogens (primary N) is 1. The van der Waals surface area contributed by atoms with Crippen LogP contribution in [0.15, 0.2) is 23.5 Å². The van der Waals surface area contributed by atoms with Gasteiger partial charge >= 0.3 is 0 Å². The molecule has 0 amide bonds. The van der Waals surface area contributed by atoms with E-state index in [1.165, 1.54) is 5.57 Å². The van der Waals surface area contributed by atoms with Gasteiger partial charge in [-0.2, -0.15) is 0 Å². The van der Waals surface area contributed by atoms with E-state index >= 15 is 0 Å². The van der Waals surface area contributed by atoms with Crippen molar-refractivity contribution in [1.82, 2.24) is 0 Å². The van der Waals surface area contributed by atoms with Crippen molar-refractivity contribution in [1.29, 1.82) is 0 Å². The molecule has 0 aliphatic heterocycles. The number of allylic oxidation sites excluding steroid dienone is 3. The van der Waals surface area contributed by atoms with Gasteiger partial charge in [-0.05, 0) is 25.5 Å². The van der Waals surface area contributed by atoms with Crippen molar-refractivity contribution in [3.63, 3.8) is 0 Å². The summed E-state index contributed by atoms with van der Waals surface area (Å²) in [6.07, 6.45) is 7.32. The van der Waals surface area contributed by atoms with Crippen LogP contribution in [0, 0.1) is 0 Å². The molecule has 2 nitrogen and oxygen atoms in total. The molecule has 1 aliphatic rings. The first-order chi connectivity index (χ1) is 5.36. The van der Waals surface area contributed by atoms with Crippen LogP contribution in [0.2, 0.25) is 0 Å². The van der Waals surface area contributed by atoms with E-state index < -0.39 is 0 Å². The maximum atomic E-state index is 5.43. The summed E-state index contributed by atoms with van der Waals surface area (Å²) in [4.78, 5) is 0. The van der Waals surface area contributed by atoms with Gasteiger partial charge in [-0.15, -0.1) is 0 Å². The lowest BCUT2D eigenvalue weighted by molar-refractivity contribution is 0.275. The summed E-state index contributed by atoms with van der Waals surface area (Å²) in [6, 6.07) is 0. The van der Waals surface area contributed by atoms with Crippen LogP contribution < -0.4 is 5.73 Å². The standard InChI is InChI=1S/C9H15NO/c1-11-9-4-2-8(3-5-9)6-7-10/h2,4H,3,5-7,10H2,1H3. The molecule has 0 bridgehead atoms. The average molecular weight is 153 g/mol. The molecular formula is C9H15NO. The summed E-state index contributed by atoms with van der Waals surface area (Å²) in [5.74, 6) is 1.07. The first-order valence-electron chi connectivity index (χ1n) is 3.99. The van der Waals surface area contributed by atoms with E-state index in [1.54, 1.807) is 7.11 Å². The molecule has 0 saturated carbocycles. The molecule has 0 spiro atoms. The molecule has 0 aromatic rings. The van der Waals surface area contributed by atoms with Gasteiger partial charge in [-0.25, -0.2) is 0 Å². The minimum atomic E-state index is 0.752. The molecule has 0 aromatic heterocycles. The summed E-state index contributed by atoms with van der Waals surface area (Å²) in [6.45, 7) is 0.752. The second-order valence-corrected chi connectivity index (χ2v) is 2.70. The Morgan fingerprint density at radius 3 is 2.73 bits per heavy atom. The number of hydrogen-bond acceptors (Lipinski definition) is 2. The van der Waals surface area contributed by atoms with Gasteiger partial charge in [-0.1, -0.05) is 11.6 Å². The quantitative estimate of drug-likeness (QED) is 0.668. The molecule has 0 unspecified atom stereocenters. The average Bonchev–Trinajstić information content (AvgIpc) is 2.07. The Hall–Kier alpha value is -0.760. The Morgan fingerprint density at radius 2 is 2.27 bits per heavy atom. The second-order valence-electron chi connectivity index (χ2n) is 2.70. The first-order valence-corrected chi connectivity index (χ1v) is 3.99. The lowest BCUT2D eigenvalue weighted by Crippen LogP contribution is -2.03. The van der Waals surface area contributed by atoms with Crippen LogP contribution in [0.4, 0.5) is 0 Å². The van der Waals surface area contributed by atoms with Crippen molar-refractivity contribution in [3.05, 3.63) is 23.5 Å². The van der Waals surface area contributed by atoms with Crippen molar-refractivity contribution >= 4 is 0 Å². The van der Waals surface area contributed by atoms with Crippen LogP contribution in [-0.2, 0) is 4.74 Å². The van der Waals surface area contributed by atoms with E-state index in [2.05, 4.69) is 6.08 Å². The summed E-state index contributed by atoms with van der Waals surface area (Å²) in [5.41, 5.74) is 6.87. The Bertz CT molecular complexity index is 182. The molecule has 1 rings (SSSR count). The highest BCUT2D eigenvalue weighted by molar-refractivity contribution is 5.20. The Labute approximate surface area is 67.7 Å². The monoisotopic (exact) mass is 153 g/mol. The lowest BCUT2D eigenvalue weighted by atomic mass is 10.0. The van der Waals surface area contributed by atoms with Crippen molar-refractivity contribution in [2.24, 2.45) is 5.73 Å². The normalized spacial score (nSPS) is 17.3. The number of ether oxygens (including phenoxy) is 1. The Morgan fingerprint density at radius 1 is 1.45 bits per heavy atom. The van der Waals surface area contributed by atoms with E-state index in [9.17, 15) is 0 Å². The minimum Gasteiger partial charge on any atom is -0.501 e. The van der Waals surface area contributed by atoms with Crippen molar-refractivity contribution in [2.75, 3.05) is 13.7 Å². The largest absolute Gasteiger partial charge is 0.501 e. The zero-order chi connectivity index (χ0) is 8.10. The van der Waals surface area contributed by atoms with Gasteiger partial charge in [0.05, 0.1) is 12.9 Å². The fraction of sp³-hybridized carbons (Fsp3) is 0.556. The maximum absolute atomic E-state index is 5.43. The van der Waals surface area contributed by atoms with E-state index in [-0.39, 0.29) is 0 Å². The third-order valence-electron chi connectivity index (χ3n) is 1.93. The fourth-order valence-corrected chi connectivity index (χ4v) is 1.23. The van der Waals surface area contributed by atoms with Gasteiger partial charge < -0.3 is 10.5 Å². The van der Waals surface area contributed by atoms with Crippen LogP contribution >= 0.6 is 0 Å². The van der Waals surface area contributed by atoms with Gasteiger partial charge in [0.25, 0.3) is 0 Å². The van der Waals surface area contributed by atoms with Gasteiger partial charge in [-0.3, -0.25) is 0 Å². The molecule has 0 atom stereocenters. The molecule has 1 aliphatic carbocycles. The molecule has 0 saturated heterocycles. The Balaban J connectivity index is 2.47. The van der Waals surface area contributed by atoms with Gasteiger partial charge in [0, 0.05) is 6.42 Å². The number of hydrogen-bond donors (Lipinski definition) is 1. The van der Waals surface area contributed by atoms with Gasteiger partial charge in [0.2, 0.25) is 0 Å². The Kier molecular flexibility index (Phi) is 3.17. The molecule has 2 heteroatoms. The molecular weight excluding hydrogens is 138 g/mol. The van der Waals surface area contributed by atoms with Crippen molar-refractivity contribution in [3.8, 4) is 0 Å². The van der Waals surface area contributed by atoms with Crippen LogP contribution in [0.5, 0.6) is 0 Å². The van der Waals surface area contributed by atoms with E-state index in [4.69, 9.17) is 10.5 Å². The summed E-state index contributed by atoms with van der Waals surface area (Å²) < 4.78 is 5.10. The molecule has 0 aromatic carbocycles. The lowest BCUT2D eigenvalue weighted by Gasteiger charge is -2.12. The molecule has 0 fully saturated rings.